The average Bonchev–Trinajstić information content (AvgIpc) is 2.55. The number of anilines is 1. The van der Waals surface area contributed by atoms with E-state index in [1.54, 1.807) is 18.3 Å². The van der Waals surface area contributed by atoms with Crippen molar-refractivity contribution < 1.29 is 0 Å². The van der Waals surface area contributed by atoms with E-state index in [1.165, 1.54) is 32.1 Å². The van der Waals surface area contributed by atoms with Gasteiger partial charge >= 0.3 is 11.4 Å². The Morgan fingerprint density at radius 2 is 2.04 bits per heavy atom. The number of H-pyrrole nitrogens is 1. The standard InChI is InChI=1S/C17H23N5O2/c1-11-8-9-18-14(10-11)22-16(23)20-15(21-17(22)24)19-12(2)13-6-4-3-5-7-13/h8-10,12-13H,3-7H2,1-2H3,(H2,19,20,21,23,24)/t12-/m0/s1. The summed E-state index contributed by atoms with van der Waals surface area (Å²) in [5, 5.41) is 3.18. The van der Waals surface area contributed by atoms with E-state index in [-0.39, 0.29) is 17.8 Å². The molecule has 7 nitrogen and oxygen atoms in total. The summed E-state index contributed by atoms with van der Waals surface area (Å²) in [5.74, 6) is 1.05. The van der Waals surface area contributed by atoms with E-state index >= 15 is 0 Å². The van der Waals surface area contributed by atoms with Crippen molar-refractivity contribution in [3.63, 3.8) is 0 Å². The molecule has 0 aliphatic heterocycles. The molecule has 0 bridgehead atoms. The molecule has 0 spiro atoms. The van der Waals surface area contributed by atoms with Crippen LogP contribution in [0.5, 0.6) is 0 Å². The van der Waals surface area contributed by atoms with Crippen molar-refractivity contribution in [1.82, 2.24) is 19.5 Å². The smallest absolute Gasteiger partial charge is 0.353 e. The Bertz CT molecular complexity index is 789. The number of aryl methyl sites for hydroxylation is 1. The average molecular weight is 329 g/mol. The highest BCUT2D eigenvalue weighted by Gasteiger charge is 2.21. The van der Waals surface area contributed by atoms with Gasteiger partial charge in [-0.05, 0) is 50.3 Å². The van der Waals surface area contributed by atoms with Gasteiger partial charge in [-0.3, -0.25) is 4.98 Å². The largest absolute Gasteiger partial charge is 0.360 e. The molecule has 2 aromatic rings. The van der Waals surface area contributed by atoms with Crippen LogP contribution in [0.2, 0.25) is 0 Å². The van der Waals surface area contributed by atoms with Gasteiger partial charge in [-0.25, -0.2) is 14.6 Å². The predicted octanol–water partition coefficient (Wildman–Crippen LogP) is 2.00. The fourth-order valence-corrected chi connectivity index (χ4v) is 3.30. The quantitative estimate of drug-likeness (QED) is 0.895. The molecule has 1 atom stereocenters. The highest BCUT2D eigenvalue weighted by molar-refractivity contribution is 5.29. The van der Waals surface area contributed by atoms with Crippen LogP contribution < -0.4 is 16.7 Å². The Balaban J connectivity index is 1.84. The van der Waals surface area contributed by atoms with Gasteiger partial charge in [0.05, 0.1) is 0 Å². The molecule has 24 heavy (non-hydrogen) atoms. The molecule has 1 aliphatic rings. The van der Waals surface area contributed by atoms with Crippen LogP contribution in [-0.4, -0.2) is 25.6 Å². The zero-order valence-electron chi connectivity index (χ0n) is 14.1. The van der Waals surface area contributed by atoms with Crippen LogP contribution in [0.25, 0.3) is 5.82 Å². The molecule has 128 valence electrons. The van der Waals surface area contributed by atoms with E-state index in [0.717, 1.165) is 10.1 Å². The first kappa shape index (κ1) is 16.4. The molecule has 1 aliphatic carbocycles. The van der Waals surface area contributed by atoms with Gasteiger partial charge in [-0.2, -0.15) is 9.55 Å². The Hall–Kier alpha value is -2.44. The third-order valence-corrected chi connectivity index (χ3v) is 4.68. The topological polar surface area (TPSA) is 92.7 Å². The van der Waals surface area contributed by atoms with Gasteiger partial charge in [-0.15, -0.1) is 0 Å². The van der Waals surface area contributed by atoms with Crippen LogP contribution >= 0.6 is 0 Å². The van der Waals surface area contributed by atoms with Crippen molar-refractivity contribution in [1.29, 1.82) is 0 Å². The monoisotopic (exact) mass is 329 g/mol. The van der Waals surface area contributed by atoms with Crippen LogP contribution in [-0.2, 0) is 0 Å². The molecular weight excluding hydrogens is 306 g/mol. The number of hydrogen-bond acceptors (Lipinski definition) is 5. The van der Waals surface area contributed by atoms with Gasteiger partial charge in [0, 0.05) is 12.2 Å². The summed E-state index contributed by atoms with van der Waals surface area (Å²) in [6, 6.07) is 3.65. The van der Waals surface area contributed by atoms with Gasteiger partial charge < -0.3 is 5.32 Å². The minimum absolute atomic E-state index is 0.167. The molecule has 2 heterocycles. The normalized spacial score (nSPS) is 16.8. The maximum Gasteiger partial charge on any atom is 0.360 e. The van der Waals surface area contributed by atoms with Gasteiger partial charge in [0.15, 0.2) is 0 Å². The third kappa shape index (κ3) is 3.55. The van der Waals surface area contributed by atoms with Crippen LogP contribution in [0.15, 0.2) is 27.9 Å². The third-order valence-electron chi connectivity index (χ3n) is 4.68. The Morgan fingerprint density at radius 3 is 2.71 bits per heavy atom. The maximum atomic E-state index is 12.3. The van der Waals surface area contributed by atoms with Crippen LogP contribution in [0.1, 0.15) is 44.6 Å². The van der Waals surface area contributed by atoms with E-state index in [0.29, 0.717) is 5.92 Å². The first-order valence-corrected chi connectivity index (χ1v) is 8.47. The zero-order valence-corrected chi connectivity index (χ0v) is 14.1. The predicted molar refractivity (Wildman–Crippen MR) is 92.6 cm³/mol. The highest BCUT2D eigenvalue weighted by atomic mass is 16.2. The number of hydrogen-bond donors (Lipinski definition) is 2. The summed E-state index contributed by atoms with van der Waals surface area (Å²) in [5.41, 5.74) is -0.249. The molecule has 0 radical (unpaired) electrons. The summed E-state index contributed by atoms with van der Waals surface area (Å²) in [7, 11) is 0. The Morgan fingerprint density at radius 1 is 1.29 bits per heavy atom. The second kappa shape index (κ2) is 6.98. The van der Waals surface area contributed by atoms with Crippen molar-refractivity contribution in [3.05, 3.63) is 44.9 Å². The van der Waals surface area contributed by atoms with E-state index in [2.05, 4.69) is 27.2 Å². The fraction of sp³-hybridized carbons (Fsp3) is 0.529. The SMILES string of the molecule is Cc1ccnc(-n2c(=O)nc(N[C@@H](C)C3CCCCC3)[nH]c2=O)c1. The number of aromatic nitrogens is 4. The molecule has 1 saturated carbocycles. The first-order chi connectivity index (χ1) is 11.5. The van der Waals surface area contributed by atoms with Crippen LogP contribution in [0, 0.1) is 12.8 Å². The van der Waals surface area contributed by atoms with Gasteiger partial charge in [0.2, 0.25) is 5.95 Å². The lowest BCUT2D eigenvalue weighted by Crippen LogP contribution is -2.38. The summed E-state index contributed by atoms with van der Waals surface area (Å²) < 4.78 is 0.948. The minimum atomic E-state index is -0.629. The van der Waals surface area contributed by atoms with Crippen molar-refractivity contribution in [3.8, 4) is 5.82 Å². The molecule has 0 unspecified atom stereocenters. The number of nitrogens with one attached hydrogen (secondary N) is 2. The summed E-state index contributed by atoms with van der Waals surface area (Å²) in [6.45, 7) is 3.95. The summed E-state index contributed by atoms with van der Waals surface area (Å²) in [6.07, 6.45) is 7.67. The molecule has 0 saturated heterocycles. The van der Waals surface area contributed by atoms with Crippen molar-refractivity contribution in [2.75, 3.05) is 5.32 Å². The fourth-order valence-electron chi connectivity index (χ4n) is 3.30. The lowest BCUT2D eigenvalue weighted by molar-refractivity contribution is 0.327. The van der Waals surface area contributed by atoms with Crippen molar-refractivity contribution in [2.24, 2.45) is 5.92 Å². The first-order valence-electron chi connectivity index (χ1n) is 8.47. The van der Waals surface area contributed by atoms with E-state index in [9.17, 15) is 9.59 Å². The number of nitrogens with zero attached hydrogens (tertiary/aromatic N) is 3. The van der Waals surface area contributed by atoms with Crippen LogP contribution in [0.3, 0.4) is 0 Å². The van der Waals surface area contributed by atoms with Gasteiger partial charge in [0.25, 0.3) is 0 Å². The number of rotatable bonds is 4. The second-order valence-corrected chi connectivity index (χ2v) is 6.53. The second-order valence-electron chi connectivity index (χ2n) is 6.53. The minimum Gasteiger partial charge on any atom is -0.353 e. The lowest BCUT2D eigenvalue weighted by atomic mass is 9.85. The Labute approximate surface area is 140 Å². The number of aromatic amines is 1. The molecule has 0 aromatic carbocycles. The summed E-state index contributed by atoms with van der Waals surface area (Å²) in [4.78, 5) is 35.3. The summed E-state index contributed by atoms with van der Waals surface area (Å²) >= 11 is 0. The molecule has 2 N–H and O–H groups in total. The van der Waals surface area contributed by atoms with E-state index in [4.69, 9.17) is 0 Å². The molecule has 2 aromatic heterocycles. The van der Waals surface area contributed by atoms with Crippen LogP contribution in [0.4, 0.5) is 5.95 Å². The molecule has 3 rings (SSSR count). The van der Waals surface area contributed by atoms with Crippen molar-refractivity contribution in [2.45, 2.75) is 52.0 Å². The van der Waals surface area contributed by atoms with Crippen molar-refractivity contribution >= 4 is 5.95 Å². The van der Waals surface area contributed by atoms with Gasteiger partial charge in [-0.1, -0.05) is 19.3 Å². The van der Waals surface area contributed by atoms with E-state index in [1.807, 2.05) is 6.92 Å². The van der Waals surface area contributed by atoms with Gasteiger partial charge in [0.1, 0.15) is 5.82 Å². The molecule has 7 heteroatoms. The van der Waals surface area contributed by atoms with E-state index < -0.39 is 11.4 Å². The highest BCUT2D eigenvalue weighted by Crippen LogP contribution is 2.27. The molecular formula is C17H23N5O2. The lowest BCUT2D eigenvalue weighted by Gasteiger charge is -2.28. The Kier molecular flexibility index (Phi) is 4.78. The maximum absolute atomic E-state index is 12.3. The zero-order chi connectivity index (χ0) is 17.1. The molecule has 1 fully saturated rings. The number of pyridine rings is 1. The molecule has 0 amide bonds.